The fourth-order valence-electron chi connectivity index (χ4n) is 2.67. The van der Waals surface area contributed by atoms with E-state index in [1.54, 1.807) is 4.90 Å². The van der Waals surface area contributed by atoms with Crippen molar-refractivity contribution >= 4 is 41.0 Å². The number of nitrogens with one attached hydrogen (secondary N) is 1. The molecule has 11 heteroatoms. The van der Waals surface area contributed by atoms with Gasteiger partial charge in [0, 0.05) is 24.5 Å². The second-order valence-corrected chi connectivity index (χ2v) is 6.89. The lowest BCUT2D eigenvalue weighted by molar-refractivity contribution is 0.0992. The Bertz CT molecular complexity index is 929. The summed E-state index contributed by atoms with van der Waals surface area (Å²) in [5, 5.41) is 3.17. The monoisotopic (exact) mass is 388 g/mol. The van der Waals surface area contributed by atoms with Gasteiger partial charge in [-0.15, -0.1) is 0 Å². The first kappa shape index (κ1) is 17.4. The summed E-state index contributed by atoms with van der Waals surface area (Å²) in [5.74, 6) is -0.415. The third-order valence-electron chi connectivity index (χ3n) is 4.32. The second kappa shape index (κ2) is 6.62. The summed E-state index contributed by atoms with van der Waals surface area (Å²) in [6.07, 6.45) is 6.38. The summed E-state index contributed by atoms with van der Waals surface area (Å²) in [5.41, 5.74) is 11.2. The van der Waals surface area contributed by atoms with Crippen molar-refractivity contribution in [3.8, 4) is 0 Å². The number of halogens is 1. The van der Waals surface area contributed by atoms with Crippen molar-refractivity contribution in [2.24, 2.45) is 11.5 Å². The van der Waals surface area contributed by atoms with E-state index in [0.29, 0.717) is 5.82 Å². The number of carbonyl (C=O) groups excluding carboxylic acids is 2. The SMILES string of the molecule is NC(=O)c1cnc(N(c2nc(Cl)ncc2C(N)=O)C2CC2)nc1NC1CC1. The number of anilines is 3. The molecule has 2 aliphatic rings. The van der Waals surface area contributed by atoms with Crippen LogP contribution in [0, 0.1) is 0 Å². The fourth-order valence-corrected chi connectivity index (χ4v) is 2.80. The molecule has 0 aromatic carbocycles. The smallest absolute Gasteiger partial charge is 0.254 e. The zero-order valence-corrected chi connectivity index (χ0v) is 15.0. The van der Waals surface area contributed by atoms with E-state index in [0.717, 1.165) is 25.7 Å². The zero-order valence-electron chi connectivity index (χ0n) is 14.2. The normalized spacial score (nSPS) is 16.0. The molecule has 0 spiro atoms. The van der Waals surface area contributed by atoms with Gasteiger partial charge in [0.15, 0.2) is 5.82 Å². The largest absolute Gasteiger partial charge is 0.367 e. The number of rotatable bonds is 7. The van der Waals surface area contributed by atoms with Gasteiger partial charge in [0.2, 0.25) is 11.2 Å². The van der Waals surface area contributed by atoms with Crippen LogP contribution in [0.3, 0.4) is 0 Å². The van der Waals surface area contributed by atoms with Crippen LogP contribution in [0.25, 0.3) is 0 Å². The van der Waals surface area contributed by atoms with E-state index >= 15 is 0 Å². The molecule has 2 amide bonds. The maximum atomic E-state index is 11.8. The second-order valence-electron chi connectivity index (χ2n) is 6.56. The topological polar surface area (TPSA) is 153 Å². The van der Waals surface area contributed by atoms with Crippen molar-refractivity contribution in [3.63, 3.8) is 0 Å². The Morgan fingerprint density at radius 1 is 1.04 bits per heavy atom. The molecule has 4 rings (SSSR count). The number of hydrogen-bond donors (Lipinski definition) is 3. The number of nitrogens with zero attached hydrogens (tertiary/aromatic N) is 5. The van der Waals surface area contributed by atoms with Crippen LogP contribution < -0.4 is 21.7 Å². The molecule has 0 bridgehead atoms. The van der Waals surface area contributed by atoms with Crippen molar-refractivity contribution in [1.82, 2.24) is 19.9 Å². The molecule has 0 aliphatic heterocycles. The number of hydrogen-bond acceptors (Lipinski definition) is 8. The van der Waals surface area contributed by atoms with Crippen molar-refractivity contribution in [1.29, 1.82) is 0 Å². The van der Waals surface area contributed by atoms with Gasteiger partial charge in [-0.05, 0) is 37.3 Å². The minimum Gasteiger partial charge on any atom is -0.367 e. The fraction of sp³-hybridized carbons (Fsp3) is 0.375. The Labute approximate surface area is 159 Å². The van der Waals surface area contributed by atoms with E-state index < -0.39 is 11.8 Å². The minimum atomic E-state index is -0.683. The average Bonchev–Trinajstić information content (AvgIpc) is 3.50. The van der Waals surface area contributed by atoms with Gasteiger partial charge in [0.1, 0.15) is 11.4 Å². The molecule has 0 unspecified atom stereocenters. The van der Waals surface area contributed by atoms with E-state index in [-0.39, 0.29) is 40.3 Å². The molecule has 2 fully saturated rings. The Balaban J connectivity index is 1.81. The predicted molar refractivity (Wildman–Crippen MR) is 97.9 cm³/mol. The highest BCUT2D eigenvalue weighted by Gasteiger charge is 2.36. The molecule has 2 saturated carbocycles. The molecule has 0 atom stereocenters. The van der Waals surface area contributed by atoms with Gasteiger partial charge in [-0.3, -0.25) is 14.5 Å². The quantitative estimate of drug-likeness (QED) is 0.593. The Morgan fingerprint density at radius 3 is 2.30 bits per heavy atom. The molecule has 10 nitrogen and oxygen atoms in total. The molecule has 2 aliphatic carbocycles. The van der Waals surface area contributed by atoms with Gasteiger partial charge in [0.05, 0.1) is 5.56 Å². The maximum absolute atomic E-state index is 11.8. The first-order valence-electron chi connectivity index (χ1n) is 8.49. The lowest BCUT2D eigenvalue weighted by Crippen LogP contribution is -2.28. The number of primary amides is 2. The summed E-state index contributed by atoms with van der Waals surface area (Å²) < 4.78 is 0. The first-order valence-corrected chi connectivity index (χ1v) is 8.87. The molecule has 2 aromatic heterocycles. The van der Waals surface area contributed by atoms with E-state index in [4.69, 9.17) is 23.1 Å². The predicted octanol–water partition coefficient (Wildman–Crippen LogP) is 0.993. The number of carbonyl (C=O) groups is 2. The molecule has 140 valence electrons. The van der Waals surface area contributed by atoms with Gasteiger partial charge in [-0.2, -0.15) is 9.97 Å². The summed E-state index contributed by atoms with van der Waals surface area (Å²) in [7, 11) is 0. The number of aromatic nitrogens is 4. The van der Waals surface area contributed by atoms with E-state index in [1.807, 2.05) is 0 Å². The first-order chi connectivity index (χ1) is 12.9. The van der Waals surface area contributed by atoms with E-state index in [2.05, 4.69) is 25.3 Å². The van der Waals surface area contributed by atoms with Crippen molar-refractivity contribution in [2.45, 2.75) is 37.8 Å². The summed E-state index contributed by atoms with van der Waals surface area (Å²) >= 11 is 5.94. The third-order valence-corrected chi connectivity index (χ3v) is 4.50. The summed E-state index contributed by atoms with van der Waals surface area (Å²) in [6, 6.07) is 0.303. The Hall–Kier alpha value is -3.01. The molecular formula is C16H17ClN8O2. The van der Waals surface area contributed by atoms with Crippen LogP contribution in [-0.2, 0) is 0 Å². The van der Waals surface area contributed by atoms with Crippen molar-refractivity contribution in [2.75, 3.05) is 10.2 Å². The standard InChI is InChI=1S/C16H17ClN8O2/c17-15-20-6-10(12(19)27)14(24-15)25(8-3-4-8)16-21-5-9(11(18)26)13(23-16)22-7-1-2-7/h5-8H,1-4H2,(H2,18,26)(H2,19,27)(H,21,22,23). The van der Waals surface area contributed by atoms with E-state index in [9.17, 15) is 9.59 Å². The highest BCUT2D eigenvalue weighted by molar-refractivity contribution is 6.28. The maximum Gasteiger partial charge on any atom is 0.254 e. The van der Waals surface area contributed by atoms with Gasteiger partial charge in [-0.1, -0.05) is 0 Å². The zero-order chi connectivity index (χ0) is 19.1. The lowest BCUT2D eigenvalue weighted by atomic mass is 10.2. The minimum absolute atomic E-state index is 0.0225. The van der Waals surface area contributed by atoms with Crippen LogP contribution >= 0.6 is 11.6 Å². The highest BCUT2D eigenvalue weighted by atomic mass is 35.5. The van der Waals surface area contributed by atoms with Crippen LogP contribution in [0.2, 0.25) is 5.28 Å². The number of amides is 2. The third kappa shape index (κ3) is 3.61. The Morgan fingerprint density at radius 2 is 1.70 bits per heavy atom. The summed E-state index contributed by atoms with van der Waals surface area (Å²) in [6.45, 7) is 0. The molecular weight excluding hydrogens is 372 g/mol. The van der Waals surface area contributed by atoms with Gasteiger partial charge >= 0.3 is 0 Å². The average molecular weight is 389 g/mol. The molecule has 27 heavy (non-hydrogen) atoms. The van der Waals surface area contributed by atoms with Crippen molar-refractivity contribution in [3.05, 3.63) is 28.8 Å². The van der Waals surface area contributed by atoms with Gasteiger partial charge in [-0.25, -0.2) is 9.97 Å². The Kier molecular flexibility index (Phi) is 4.27. The lowest BCUT2D eigenvalue weighted by Gasteiger charge is -2.23. The highest BCUT2D eigenvalue weighted by Crippen LogP contribution is 2.38. The van der Waals surface area contributed by atoms with Crippen LogP contribution in [0.5, 0.6) is 0 Å². The van der Waals surface area contributed by atoms with Crippen LogP contribution in [0.15, 0.2) is 12.4 Å². The molecule has 2 aromatic rings. The number of nitrogens with two attached hydrogens (primary N) is 2. The molecule has 2 heterocycles. The van der Waals surface area contributed by atoms with Crippen LogP contribution in [-0.4, -0.2) is 43.8 Å². The van der Waals surface area contributed by atoms with Gasteiger partial charge < -0.3 is 16.8 Å². The van der Waals surface area contributed by atoms with Gasteiger partial charge in [0.25, 0.3) is 11.8 Å². The molecule has 0 saturated heterocycles. The van der Waals surface area contributed by atoms with Crippen molar-refractivity contribution < 1.29 is 9.59 Å². The van der Waals surface area contributed by atoms with Crippen LogP contribution in [0.1, 0.15) is 46.4 Å². The van der Waals surface area contributed by atoms with E-state index in [1.165, 1.54) is 12.4 Å². The molecule has 0 radical (unpaired) electrons. The summed E-state index contributed by atoms with van der Waals surface area (Å²) in [4.78, 5) is 42.0. The van der Waals surface area contributed by atoms with Crippen LogP contribution in [0.4, 0.5) is 17.6 Å². The molecule has 5 N–H and O–H groups in total.